The van der Waals surface area contributed by atoms with Crippen LogP contribution in [0.4, 0.5) is 0 Å². The van der Waals surface area contributed by atoms with Gasteiger partial charge in [-0.05, 0) is 12.8 Å². The van der Waals surface area contributed by atoms with E-state index in [1.807, 2.05) is 9.47 Å². The minimum atomic E-state index is -0.425. The fourth-order valence-electron chi connectivity index (χ4n) is 1.59. The predicted molar refractivity (Wildman–Crippen MR) is 52.9 cm³/mol. The van der Waals surface area contributed by atoms with Crippen LogP contribution in [0.1, 0.15) is 12.8 Å². The lowest BCUT2D eigenvalue weighted by molar-refractivity contribution is -0.143. The van der Waals surface area contributed by atoms with Gasteiger partial charge in [-0.1, -0.05) is 15.2 Å². The summed E-state index contributed by atoms with van der Waals surface area (Å²) in [5, 5.41) is 2.92. The average Bonchev–Trinajstić information content (AvgIpc) is 1.96. The lowest BCUT2D eigenvalue weighted by atomic mass is 9.60. The van der Waals surface area contributed by atoms with Gasteiger partial charge in [-0.3, -0.25) is 5.09 Å². The third-order valence-electron chi connectivity index (χ3n) is 2.17. The van der Waals surface area contributed by atoms with Gasteiger partial charge in [0, 0.05) is 0 Å². The predicted octanol–water partition coefficient (Wildman–Crippen LogP) is -0.346. The summed E-state index contributed by atoms with van der Waals surface area (Å²) < 4.78 is 4.60. The van der Waals surface area contributed by atoms with Gasteiger partial charge in [0.15, 0.2) is 0 Å². The summed E-state index contributed by atoms with van der Waals surface area (Å²) in [6.45, 7) is 0. The van der Waals surface area contributed by atoms with Crippen molar-refractivity contribution in [2.45, 2.75) is 24.2 Å². The Kier molecular flexibility index (Phi) is 2.91. The van der Waals surface area contributed by atoms with Crippen LogP contribution in [0.25, 0.3) is 0 Å². The van der Waals surface area contributed by atoms with Crippen LogP contribution in [0.5, 0.6) is 0 Å². The van der Waals surface area contributed by atoms with Gasteiger partial charge in [-0.25, -0.2) is 4.79 Å². The SMILES string of the molecule is BC1CC(NP)(C(=O)OP)C1. The molecule has 3 nitrogen and oxygen atoms in total. The van der Waals surface area contributed by atoms with Gasteiger partial charge in [0.05, 0.1) is 9.47 Å². The van der Waals surface area contributed by atoms with E-state index in [1.165, 1.54) is 0 Å². The molecule has 1 N–H and O–H groups in total. The van der Waals surface area contributed by atoms with E-state index < -0.39 is 5.54 Å². The maximum absolute atomic E-state index is 11.2. The highest BCUT2D eigenvalue weighted by molar-refractivity contribution is 7.14. The molecule has 0 bridgehead atoms. The standard InChI is InChI=1S/C5H12BNO2P2/c6-3-1-5(2-3,7-10)4(8)9-11/h3,7H,1-2,6,10-11H2. The van der Waals surface area contributed by atoms with E-state index in [0.29, 0.717) is 5.82 Å². The lowest BCUT2D eigenvalue weighted by Crippen LogP contribution is -2.56. The molecule has 1 fully saturated rings. The van der Waals surface area contributed by atoms with Crippen molar-refractivity contribution in [3.63, 3.8) is 0 Å². The van der Waals surface area contributed by atoms with Crippen molar-refractivity contribution in [2.24, 2.45) is 0 Å². The van der Waals surface area contributed by atoms with Crippen molar-refractivity contribution >= 4 is 32.7 Å². The molecule has 62 valence electrons. The van der Waals surface area contributed by atoms with Gasteiger partial charge in [0.1, 0.15) is 13.4 Å². The highest BCUT2D eigenvalue weighted by Crippen LogP contribution is 2.42. The lowest BCUT2D eigenvalue weighted by Gasteiger charge is -2.43. The molecule has 2 unspecified atom stereocenters. The second kappa shape index (κ2) is 3.39. The number of hydrogen-bond acceptors (Lipinski definition) is 3. The molecular formula is C5H12BNO2P2. The molecule has 0 radical (unpaired) electrons. The largest absolute Gasteiger partial charge is 0.450 e. The van der Waals surface area contributed by atoms with Crippen LogP contribution in [0.3, 0.4) is 0 Å². The molecule has 0 saturated heterocycles. The number of nitrogens with one attached hydrogen (secondary N) is 1. The van der Waals surface area contributed by atoms with Gasteiger partial charge in [0.2, 0.25) is 0 Å². The molecule has 6 heteroatoms. The van der Waals surface area contributed by atoms with Crippen LogP contribution in [-0.4, -0.2) is 19.4 Å². The fraction of sp³-hybridized carbons (Fsp3) is 0.800. The van der Waals surface area contributed by atoms with Crippen LogP contribution in [-0.2, 0) is 9.32 Å². The smallest absolute Gasteiger partial charge is 0.328 e. The molecule has 1 aliphatic rings. The summed E-state index contributed by atoms with van der Waals surface area (Å²) >= 11 is 0. The van der Waals surface area contributed by atoms with Crippen LogP contribution in [0.15, 0.2) is 0 Å². The van der Waals surface area contributed by atoms with Gasteiger partial charge >= 0.3 is 5.97 Å². The van der Waals surface area contributed by atoms with Crippen molar-refractivity contribution in [2.75, 3.05) is 0 Å². The van der Waals surface area contributed by atoms with Gasteiger partial charge in [-0.2, -0.15) is 0 Å². The van der Waals surface area contributed by atoms with Gasteiger partial charge < -0.3 is 4.52 Å². The third-order valence-corrected chi connectivity index (χ3v) is 2.93. The normalized spacial score (nSPS) is 36.0. The molecule has 0 aromatic carbocycles. The molecular weight excluding hydrogens is 179 g/mol. The summed E-state index contributed by atoms with van der Waals surface area (Å²) in [4.78, 5) is 11.2. The van der Waals surface area contributed by atoms with Crippen molar-refractivity contribution < 1.29 is 9.32 Å². The summed E-state index contributed by atoms with van der Waals surface area (Å²) in [6, 6.07) is 0. The zero-order valence-corrected chi connectivity index (χ0v) is 8.77. The molecule has 0 aromatic heterocycles. The van der Waals surface area contributed by atoms with Gasteiger partial charge in [0.25, 0.3) is 0 Å². The molecule has 0 aromatic rings. The summed E-state index contributed by atoms with van der Waals surface area (Å²) in [6.07, 6.45) is 1.73. The van der Waals surface area contributed by atoms with E-state index in [-0.39, 0.29) is 5.97 Å². The van der Waals surface area contributed by atoms with E-state index in [1.54, 1.807) is 0 Å². The van der Waals surface area contributed by atoms with Crippen LogP contribution >= 0.6 is 18.9 Å². The molecule has 1 rings (SSSR count). The summed E-state index contributed by atoms with van der Waals surface area (Å²) in [7, 11) is 6.48. The zero-order valence-electron chi connectivity index (χ0n) is 6.46. The number of carbonyl (C=O) groups excluding carboxylic acids is 1. The first kappa shape index (κ1) is 9.44. The maximum atomic E-state index is 11.2. The number of rotatable bonds is 2. The second-order valence-corrected chi connectivity index (χ2v) is 3.67. The first-order valence-corrected chi connectivity index (χ1v) is 4.58. The Morgan fingerprint density at radius 2 is 2.27 bits per heavy atom. The minimum Gasteiger partial charge on any atom is -0.450 e. The Hall–Kier alpha value is 0.355. The Balaban J connectivity index is 2.57. The van der Waals surface area contributed by atoms with Crippen molar-refractivity contribution in [1.82, 2.24) is 5.09 Å². The molecule has 11 heavy (non-hydrogen) atoms. The summed E-state index contributed by atoms with van der Waals surface area (Å²) in [5.74, 6) is 0.433. The van der Waals surface area contributed by atoms with E-state index in [2.05, 4.69) is 26.8 Å². The summed E-state index contributed by atoms with van der Waals surface area (Å²) in [5.41, 5.74) is -0.425. The van der Waals surface area contributed by atoms with Crippen molar-refractivity contribution in [1.29, 1.82) is 0 Å². The maximum Gasteiger partial charge on any atom is 0.328 e. The van der Waals surface area contributed by atoms with Crippen LogP contribution in [0, 0.1) is 0 Å². The molecule has 1 aliphatic carbocycles. The molecule has 1 saturated carbocycles. The van der Waals surface area contributed by atoms with Crippen molar-refractivity contribution in [3.05, 3.63) is 0 Å². The molecule has 0 heterocycles. The quantitative estimate of drug-likeness (QED) is 0.479. The van der Waals surface area contributed by atoms with Crippen LogP contribution < -0.4 is 5.09 Å². The van der Waals surface area contributed by atoms with E-state index in [9.17, 15) is 4.79 Å². The molecule has 0 spiro atoms. The first-order valence-electron chi connectivity index (χ1n) is 3.53. The highest BCUT2D eigenvalue weighted by atomic mass is 31.0. The average molecular weight is 191 g/mol. The van der Waals surface area contributed by atoms with E-state index in [4.69, 9.17) is 0 Å². The number of hydrogen-bond donors (Lipinski definition) is 1. The minimum absolute atomic E-state index is 0.185. The third kappa shape index (κ3) is 1.59. The first-order chi connectivity index (χ1) is 5.14. The van der Waals surface area contributed by atoms with E-state index in [0.717, 1.165) is 12.8 Å². The van der Waals surface area contributed by atoms with Gasteiger partial charge in [-0.15, -0.1) is 0 Å². The number of carbonyl (C=O) groups is 1. The Labute approximate surface area is 72.0 Å². The Bertz CT molecular complexity index is 172. The van der Waals surface area contributed by atoms with E-state index >= 15 is 0 Å². The second-order valence-electron chi connectivity index (χ2n) is 3.15. The van der Waals surface area contributed by atoms with Crippen LogP contribution in [0.2, 0.25) is 5.82 Å². The molecule has 0 amide bonds. The fourth-order valence-corrected chi connectivity index (χ4v) is 2.17. The van der Waals surface area contributed by atoms with Crippen molar-refractivity contribution in [3.8, 4) is 0 Å². The Morgan fingerprint density at radius 1 is 1.73 bits per heavy atom. The Morgan fingerprint density at radius 3 is 2.55 bits per heavy atom. The highest BCUT2D eigenvalue weighted by Gasteiger charge is 2.48. The monoisotopic (exact) mass is 191 g/mol. The zero-order chi connectivity index (χ0) is 8.48. The topological polar surface area (TPSA) is 38.3 Å². The molecule has 2 atom stereocenters. The molecule has 0 aliphatic heterocycles.